The van der Waals surface area contributed by atoms with E-state index in [-0.39, 0.29) is 0 Å². The van der Waals surface area contributed by atoms with E-state index < -0.39 is 0 Å². The molecule has 0 spiro atoms. The Morgan fingerprint density at radius 3 is 2.94 bits per heavy atom. The fourth-order valence-corrected chi connectivity index (χ4v) is 3.26. The molecule has 0 unspecified atom stereocenters. The first-order valence-electron chi connectivity index (χ1n) is 6.49. The molecule has 2 rings (SSSR count). The molecular formula is C11H21N5S2. The van der Waals surface area contributed by atoms with Gasteiger partial charge in [-0.2, -0.15) is 11.8 Å². The zero-order valence-electron chi connectivity index (χ0n) is 11.0. The second-order valence-corrected chi connectivity index (χ2v) is 7.43. The van der Waals surface area contributed by atoms with Gasteiger partial charge in [0.15, 0.2) is 0 Å². The van der Waals surface area contributed by atoms with Gasteiger partial charge in [-0.15, -0.1) is 5.10 Å². The van der Waals surface area contributed by atoms with Gasteiger partial charge in [-0.05, 0) is 28.5 Å². The van der Waals surface area contributed by atoms with E-state index in [0.29, 0.717) is 5.25 Å². The molecule has 1 aliphatic carbocycles. The Labute approximate surface area is 117 Å². The quantitative estimate of drug-likeness (QED) is 0.551. The first-order valence-corrected chi connectivity index (χ1v) is 8.53. The molecule has 0 bridgehead atoms. The van der Waals surface area contributed by atoms with Crippen molar-refractivity contribution in [1.29, 1.82) is 0 Å². The highest BCUT2D eigenvalue weighted by Gasteiger charge is 2.19. The predicted molar refractivity (Wildman–Crippen MR) is 77.2 cm³/mol. The van der Waals surface area contributed by atoms with Crippen LogP contribution in [0, 0.1) is 0 Å². The van der Waals surface area contributed by atoms with Crippen LogP contribution in [0.4, 0.5) is 0 Å². The molecule has 0 atom stereocenters. The molecule has 1 fully saturated rings. The third-order valence-electron chi connectivity index (χ3n) is 2.60. The van der Waals surface area contributed by atoms with Crippen molar-refractivity contribution in [1.82, 2.24) is 25.5 Å². The fourth-order valence-electron chi connectivity index (χ4n) is 1.52. The van der Waals surface area contributed by atoms with E-state index in [1.165, 1.54) is 12.8 Å². The maximum Gasteiger partial charge on any atom is 0.209 e. The maximum absolute atomic E-state index is 4.07. The van der Waals surface area contributed by atoms with Crippen molar-refractivity contribution in [3.63, 3.8) is 0 Å². The summed E-state index contributed by atoms with van der Waals surface area (Å²) < 4.78 is 1.90. The summed E-state index contributed by atoms with van der Waals surface area (Å²) in [5.41, 5.74) is 0. The first-order chi connectivity index (χ1) is 8.75. The zero-order chi connectivity index (χ0) is 12.8. The van der Waals surface area contributed by atoms with Gasteiger partial charge in [0.25, 0.3) is 0 Å². The molecule has 1 N–H and O–H groups in total. The van der Waals surface area contributed by atoms with Gasteiger partial charge in [-0.25, -0.2) is 4.68 Å². The molecule has 0 amide bonds. The largest absolute Gasteiger partial charge is 0.312 e. The van der Waals surface area contributed by atoms with Crippen LogP contribution in [0.15, 0.2) is 5.16 Å². The number of nitrogens with one attached hydrogen (secondary N) is 1. The van der Waals surface area contributed by atoms with E-state index in [2.05, 4.69) is 34.7 Å². The number of rotatable bonds is 9. The smallest absolute Gasteiger partial charge is 0.209 e. The Balaban J connectivity index is 1.65. The van der Waals surface area contributed by atoms with Gasteiger partial charge in [-0.1, -0.05) is 25.6 Å². The topological polar surface area (TPSA) is 55.6 Å². The third-order valence-corrected chi connectivity index (χ3v) is 4.92. The van der Waals surface area contributed by atoms with Crippen molar-refractivity contribution >= 4 is 23.5 Å². The summed E-state index contributed by atoms with van der Waals surface area (Å²) in [4.78, 5) is 0. The SMILES string of the molecule is CC(C)SCCSc1nnnn1CCNC1CC1. The molecule has 1 aliphatic rings. The molecule has 0 aliphatic heterocycles. The monoisotopic (exact) mass is 287 g/mol. The Bertz CT molecular complexity index is 351. The van der Waals surface area contributed by atoms with Crippen LogP contribution in [0.2, 0.25) is 0 Å². The summed E-state index contributed by atoms with van der Waals surface area (Å²) in [6.07, 6.45) is 2.65. The van der Waals surface area contributed by atoms with Crippen LogP contribution >= 0.6 is 23.5 Å². The molecule has 7 heteroatoms. The van der Waals surface area contributed by atoms with Gasteiger partial charge in [-0.3, -0.25) is 0 Å². The molecule has 5 nitrogen and oxygen atoms in total. The van der Waals surface area contributed by atoms with Gasteiger partial charge >= 0.3 is 0 Å². The maximum atomic E-state index is 4.07. The van der Waals surface area contributed by atoms with E-state index in [0.717, 1.165) is 35.8 Å². The number of tetrazole rings is 1. The highest BCUT2D eigenvalue weighted by molar-refractivity contribution is 8.03. The Hall–Kier alpha value is -0.270. The Morgan fingerprint density at radius 1 is 1.39 bits per heavy atom. The average molecular weight is 287 g/mol. The lowest BCUT2D eigenvalue weighted by atomic mass is 10.6. The summed E-state index contributed by atoms with van der Waals surface area (Å²) in [6, 6.07) is 0.750. The van der Waals surface area contributed by atoms with Gasteiger partial charge in [0, 0.05) is 24.1 Å². The second kappa shape index (κ2) is 7.35. The molecule has 18 heavy (non-hydrogen) atoms. The van der Waals surface area contributed by atoms with E-state index >= 15 is 0 Å². The van der Waals surface area contributed by atoms with Crippen LogP contribution in [0.25, 0.3) is 0 Å². The number of hydrogen-bond acceptors (Lipinski definition) is 6. The van der Waals surface area contributed by atoms with E-state index in [9.17, 15) is 0 Å². The summed E-state index contributed by atoms with van der Waals surface area (Å²) in [5, 5.41) is 17.0. The molecule has 1 aromatic heterocycles. The first kappa shape index (κ1) is 14.1. The molecule has 0 aromatic carbocycles. The lowest BCUT2D eigenvalue weighted by molar-refractivity contribution is 0.510. The number of aromatic nitrogens is 4. The third kappa shape index (κ3) is 5.16. The van der Waals surface area contributed by atoms with Crippen LogP contribution in [-0.4, -0.2) is 49.5 Å². The van der Waals surface area contributed by atoms with Crippen LogP contribution in [-0.2, 0) is 6.54 Å². The number of nitrogens with zero attached hydrogens (tertiary/aromatic N) is 4. The van der Waals surface area contributed by atoms with E-state index in [1.807, 2.05) is 16.4 Å². The van der Waals surface area contributed by atoms with Crippen molar-refractivity contribution < 1.29 is 0 Å². The summed E-state index contributed by atoms with van der Waals surface area (Å²) in [6.45, 7) is 6.28. The van der Waals surface area contributed by atoms with Crippen molar-refractivity contribution in [2.24, 2.45) is 0 Å². The zero-order valence-corrected chi connectivity index (χ0v) is 12.6. The van der Waals surface area contributed by atoms with Crippen molar-refractivity contribution in [2.45, 2.75) is 49.7 Å². The minimum Gasteiger partial charge on any atom is -0.312 e. The van der Waals surface area contributed by atoms with E-state index in [1.54, 1.807) is 11.8 Å². The molecule has 0 saturated heterocycles. The molecular weight excluding hydrogens is 266 g/mol. The average Bonchev–Trinajstić information content (AvgIpc) is 3.04. The number of hydrogen-bond donors (Lipinski definition) is 1. The Kier molecular flexibility index (Phi) is 5.78. The lowest BCUT2D eigenvalue weighted by Crippen LogP contribution is -2.22. The normalized spacial score (nSPS) is 15.5. The standard InChI is InChI=1S/C11H21N5S2/c1-9(2)17-7-8-18-11-13-14-15-16(11)6-5-12-10-3-4-10/h9-10,12H,3-8H2,1-2H3. The van der Waals surface area contributed by atoms with Gasteiger partial charge in [0.1, 0.15) is 0 Å². The summed E-state index contributed by atoms with van der Waals surface area (Å²) >= 11 is 3.73. The van der Waals surface area contributed by atoms with Crippen LogP contribution in [0.1, 0.15) is 26.7 Å². The van der Waals surface area contributed by atoms with E-state index in [4.69, 9.17) is 0 Å². The van der Waals surface area contributed by atoms with Crippen molar-refractivity contribution in [2.75, 3.05) is 18.1 Å². The van der Waals surface area contributed by atoms with Crippen LogP contribution < -0.4 is 5.32 Å². The Morgan fingerprint density at radius 2 is 2.22 bits per heavy atom. The van der Waals surface area contributed by atoms with Gasteiger partial charge in [0.05, 0.1) is 6.54 Å². The minimum absolute atomic E-state index is 0.698. The highest BCUT2D eigenvalue weighted by atomic mass is 32.2. The molecule has 1 saturated carbocycles. The molecule has 0 radical (unpaired) electrons. The highest BCUT2D eigenvalue weighted by Crippen LogP contribution is 2.19. The van der Waals surface area contributed by atoms with Crippen molar-refractivity contribution in [3.05, 3.63) is 0 Å². The molecule has 1 aromatic rings. The minimum atomic E-state index is 0.698. The number of thioether (sulfide) groups is 2. The summed E-state index contributed by atoms with van der Waals surface area (Å²) in [5.74, 6) is 2.22. The van der Waals surface area contributed by atoms with Crippen LogP contribution in [0.3, 0.4) is 0 Å². The predicted octanol–water partition coefficient (Wildman–Crippen LogP) is 1.66. The van der Waals surface area contributed by atoms with Crippen molar-refractivity contribution in [3.8, 4) is 0 Å². The molecule has 1 heterocycles. The fraction of sp³-hybridized carbons (Fsp3) is 0.909. The molecule has 102 valence electrons. The van der Waals surface area contributed by atoms with Crippen LogP contribution in [0.5, 0.6) is 0 Å². The van der Waals surface area contributed by atoms with Gasteiger partial charge in [0.2, 0.25) is 5.16 Å². The second-order valence-electron chi connectivity index (χ2n) is 4.68. The summed E-state index contributed by atoms with van der Waals surface area (Å²) in [7, 11) is 0. The van der Waals surface area contributed by atoms with Gasteiger partial charge < -0.3 is 5.32 Å². The lowest BCUT2D eigenvalue weighted by Gasteiger charge is -2.06.